The first-order valence-electron chi connectivity index (χ1n) is 9.95. The van der Waals surface area contributed by atoms with Gasteiger partial charge in [-0.25, -0.2) is 0 Å². The lowest BCUT2D eigenvalue weighted by Gasteiger charge is -2.34. The van der Waals surface area contributed by atoms with E-state index in [2.05, 4.69) is 9.55 Å². The highest BCUT2D eigenvalue weighted by Gasteiger charge is 2.31. The summed E-state index contributed by atoms with van der Waals surface area (Å²) in [6.45, 7) is 2.57. The normalized spacial score (nSPS) is 17.0. The Hall–Kier alpha value is -3.15. The van der Waals surface area contributed by atoms with Crippen molar-refractivity contribution < 1.29 is 14.7 Å². The maximum atomic E-state index is 13.1. The van der Waals surface area contributed by atoms with E-state index in [0.29, 0.717) is 6.54 Å². The van der Waals surface area contributed by atoms with Crippen molar-refractivity contribution in [2.24, 2.45) is 0 Å². The van der Waals surface area contributed by atoms with Gasteiger partial charge in [-0.1, -0.05) is 24.3 Å². The first-order chi connectivity index (χ1) is 14.0. The number of aliphatic carboxylic acids is 1. The van der Waals surface area contributed by atoms with Crippen LogP contribution in [0, 0.1) is 0 Å². The predicted molar refractivity (Wildman–Crippen MR) is 111 cm³/mol. The van der Waals surface area contributed by atoms with E-state index in [0.717, 1.165) is 40.7 Å². The molecule has 150 valence electrons. The summed E-state index contributed by atoms with van der Waals surface area (Å²) >= 11 is 0. The van der Waals surface area contributed by atoms with Crippen molar-refractivity contribution in [1.29, 1.82) is 0 Å². The second-order valence-corrected chi connectivity index (χ2v) is 7.74. The van der Waals surface area contributed by atoms with Crippen molar-refractivity contribution in [3.05, 3.63) is 65.6 Å². The molecule has 0 fully saturated rings. The molecule has 0 radical (unpaired) electrons. The molecule has 2 unspecified atom stereocenters. The SMILES string of the molecule is CC(C(=O)N(C)C1CCc2c(CC(=O)O)c3ccccc3n2C1)c1ccccn1. The molecule has 2 atom stereocenters. The first-order valence-corrected chi connectivity index (χ1v) is 9.95. The molecule has 0 spiro atoms. The van der Waals surface area contributed by atoms with Crippen LogP contribution in [0.3, 0.4) is 0 Å². The number of likely N-dealkylation sites (N-methyl/N-ethyl adjacent to an activating group) is 1. The van der Waals surface area contributed by atoms with Gasteiger partial charge >= 0.3 is 5.97 Å². The van der Waals surface area contributed by atoms with E-state index in [9.17, 15) is 14.7 Å². The topological polar surface area (TPSA) is 75.4 Å². The Balaban J connectivity index is 1.61. The third-order valence-electron chi connectivity index (χ3n) is 6.03. The number of nitrogens with zero attached hydrogens (tertiary/aromatic N) is 3. The lowest BCUT2D eigenvalue weighted by molar-refractivity contribution is -0.136. The van der Waals surface area contributed by atoms with E-state index >= 15 is 0 Å². The summed E-state index contributed by atoms with van der Waals surface area (Å²) in [5.74, 6) is -1.06. The molecule has 0 saturated carbocycles. The van der Waals surface area contributed by atoms with Crippen LogP contribution in [-0.2, 0) is 29.0 Å². The van der Waals surface area contributed by atoms with E-state index in [1.165, 1.54) is 0 Å². The minimum absolute atomic E-state index is 0.0268. The number of benzene rings is 1. The number of aromatic nitrogens is 2. The molecule has 6 nitrogen and oxygen atoms in total. The molecule has 3 heterocycles. The number of hydrogen-bond donors (Lipinski definition) is 1. The fourth-order valence-corrected chi connectivity index (χ4v) is 4.44. The molecule has 0 aliphatic carbocycles. The molecular formula is C23H25N3O3. The Morgan fingerprint density at radius 2 is 2.00 bits per heavy atom. The van der Waals surface area contributed by atoms with Crippen molar-refractivity contribution in [3.8, 4) is 0 Å². The zero-order chi connectivity index (χ0) is 20.5. The summed E-state index contributed by atoms with van der Waals surface area (Å²) in [4.78, 5) is 30.6. The van der Waals surface area contributed by atoms with Crippen LogP contribution in [0.1, 0.15) is 36.2 Å². The molecule has 1 aromatic carbocycles. The summed E-state index contributed by atoms with van der Waals surface area (Å²) in [6, 6.07) is 13.6. The van der Waals surface area contributed by atoms with Crippen LogP contribution in [0.5, 0.6) is 0 Å². The van der Waals surface area contributed by atoms with E-state index in [-0.39, 0.29) is 24.3 Å². The minimum Gasteiger partial charge on any atom is -0.481 e. The van der Waals surface area contributed by atoms with Crippen molar-refractivity contribution in [2.45, 2.75) is 44.7 Å². The Morgan fingerprint density at radius 3 is 2.72 bits per heavy atom. The van der Waals surface area contributed by atoms with Crippen molar-refractivity contribution in [3.63, 3.8) is 0 Å². The molecule has 1 aliphatic rings. The standard InChI is InChI=1S/C23H25N3O3/c1-15(19-8-5-6-12-24-19)23(29)25(2)16-10-11-21-18(13-22(27)28)17-7-3-4-9-20(17)26(21)14-16/h3-9,12,15-16H,10-11,13-14H2,1-2H3,(H,27,28). The molecule has 1 N–H and O–H groups in total. The quantitative estimate of drug-likeness (QED) is 0.724. The molecule has 4 rings (SSSR count). The molecule has 0 bridgehead atoms. The van der Waals surface area contributed by atoms with Crippen molar-refractivity contribution in [1.82, 2.24) is 14.5 Å². The number of carboxylic acids is 1. The predicted octanol–water partition coefficient (Wildman–Crippen LogP) is 3.24. The van der Waals surface area contributed by atoms with Gasteiger partial charge in [-0.05, 0) is 43.5 Å². The van der Waals surface area contributed by atoms with E-state index < -0.39 is 5.97 Å². The zero-order valence-corrected chi connectivity index (χ0v) is 16.7. The van der Waals surface area contributed by atoms with Crippen molar-refractivity contribution in [2.75, 3.05) is 7.05 Å². The number of rotatable bonds is 5. The molecule has 3 aromatic rings. The molecule has 2 aromatic heterocycles. The number of para-hydroxylation sites is 1. The molecule has 29 heavy (non-hydrogen) atoms. The fraction of sp³-hybridized carbons (Fsp3) is 0.348. The number of fused-ring (bicyclic) bond motifs is 3. The zero-order valence-electron chi connectivity index (χ0n) is 16.7. The summed E-state index contributed by atoms with van der Waals surface area (Å²) in [5.41, 5.74) is 3.81. The average Bonchev–Trinajstić information content (AvgIpc) is 3.05. The second-order valence-electron chi connectivity index (χ2n) is 7.74. The van der Waals surface area contributed by atoms with Gasteiger partial charge in [-0.2, -0.15) is 0 Å². The van der Waals surface area contributed by atoms with Gasteiger partial charge in [0.25, 0.3) is 0 Å². The number of hydrogen-bond acceptors (Lipinski definition) is 3. The summed E-state index contributed by atoms with van der Waals surface area (Å²) < 4.78 is 2.21. The smallest absolute Gasteiger partial charge is 0.307 e. The summed E-state index contributed by atoms with van der Waals surface area (Å²) in [7, 11) is 1.86. The maximum Gasteiger partial charge on any atom is 0.307 e. The first kappa shape index (κ1) is 19.2. The van der Waals surface area contributed by atoms with Crippen LogP contribution in [0.25, 0.3) is 10.9 Å². The highest BCUT2D eigenvalue weighted by molar-refractivity contribution is 5.89. The van der Waals surface area contributed by atoms with Gasteiger partial charge in [0.2, 0.25) is 5.91 Å². The molecule has 1 aliphatic heterocycles. The number of carbonyl (C=O) groups is 2. The van der Waals surface area contributed by atoms with Crippen LogP contribution in [0.4, 0.5) is 0 Å². The number of amides is 1. The molecular weight excluding hydrogens is 366 g/mol. The third-order valence-corrected chi connectivity index (χ3v) is 6.03. The lowest BCUT2D eigenvalue weighted by atomic mass is 9.98. The monoisotopic (exact) mass is 391 g/mol. The summed E-state index contributed by atoms with van der Waals surface area (Å²) in [5, 5.41) is 10.4. The van der Waals surface area contributed by atoms with Gasteiger partial charge in [0.1, 0.15) is 0 Å². The number of carbonyl (C=O) groups excluding carboxylic acids is 1. The Morgan fingerprint density at radius 1 is 1.24 bits per heavy atom. The van der Waals surface area contributed by atoms with E-state index in [4.69, 9.17) is 0 Å². The van der Waals surface area contributed by atoms with E-state index in [1.54, 1.807) is 6.20 Å². The largest absolute Gasteiger partial charge is 0.481 e. The highest BCUT2D eigenvalue weighted by atomic mass is 16.4. The highest BCUT2D eigenvalue weighted by Crippen LogP contribution is 2.32. The van der Waals surface area contributed by atoms with Gasteiger partial charge in [0, 0.05) is 42.4 Å². The third kappa shape index (κ3) is 3.50. The number of pyridine rings is 1. The minimum atomic E-state index is -0.817. The molecule has 6 heteroatoms. The van der Waals surface area contributed by atoms with E-state index in [1.807, 2.05) is 61.3 Å². The van der Waals surface area contributed by atoms with Crippen LogP contribution in [-0.4, -0.2) is 44.5 Å². The van der Waals surface area contributed by atoms with Gasteiger partial charge in [0.05, 0.1) is 18.0 Å². The Labute approximate surface area is 169 Å². The van der Waals surface area contributed by atoms with Crippen LogP contribution in [0.15, 0.2) is 48.7 Å². The van der Waals surface area contributed by atoms with Gasteiger partial charge in [-0.3, -0.25) is 14.6 Å². The lowest BCUT2D eigenvalue weighted by Crippen LogP contribution is -2.44. The van der Waals surface area contributed by atoms with Crippen LogP contribution >= 0.6 is 0 Å². The molecule has 1 amide bonds. The van der Waals surface area contributed by atoms with Gasteiger partial charge in [0.15, 0.2) is 0 Å². The van der Waals surface area contributed by atoms with Crippen LogP contribution in [0.2, 0.25) is 0 Å². The summed E-state index contributed by atoms with van der Waals surface area (Å²) in [6.07, 6.45) is 3.32. The average molecular weight is 391 g/mol. The number of carboxylic acid groups (broad SMARTS) is 1. The van der Waals surface area contributed by atoms with Crippen LogP contribution < -0.4 is 0 Å². The Bertz CT molecular complexity index is 1060. The maximum absolute atomic E-state index is 13.1. The second kappa shape index (κ2) is 7.70. The Kier molecular flexibility index (Phi) is 5.09. The fourth-order valence-electron chi connectivity index (χ4n) is 4.44. The van der Waals surface area contributed by atoms with Gasteiger partial charge in [-0.15, -0.1) is 0 Å². The molecule has 0 saturated heterocycles. The van der Waals surface area contributed by atoms with Crippen molar-refractivity contribution >= 4 is 22.8 Å². The van der Waals surface area contributed by atoms with Gasteiger partial charge < -0.3 is 14.6 Å².